The van der Waals surface area contributed by atoms with Crippen LogP contribution in [0.4, 0.5) is 11.4 Å². The van der Waals surface area contributed by atoms with Crippen LogP contribution in [0.3, 0.4) is 0 Å². The van der Waals surface area contributed by atoms with Gasteiger partial charge in [-0.1, -0.05) is 12.1 Å². The average molecular weight is 362 g/mol. The van der Waals surface area contributed by atoms with Gasteiger partial charge in [0, 0.05) is 12.7 Å². The molecule has 0 aliphatic rings. The van der Waals surface area contributed by atoms with E-state index in [-0.39, 0.29) is 5.91 Å². The second-order valence-corrected chi connectivity index (χ2v) is 7.86. The van der Waals surface area contributed by atoms with Crippen LogP contribution in [0, 0.1) is 6.92 Å². The molecule has 1 atom stereocenters. The summed E-state index contributed by atoms with van der Waals surface area (Å²) in [6.45, 7) is 3.60. The maximum absolute atomic E-state index is 12.2. The van der Waals surface area contributed by atoms with Gasteiger partial charge in [-0.25, -0.2) is 8.42 Å². The molecule has 0 spiro atoms. The Balaban J connectivity index is 2.00. The summed E-state index contributed by atoms with van der Waals surface area (Å²) in [5.74, 6) is 0.223. The van der Waals surface area contributed by atoms with E-state index in [0.29, 0.717) is 17.1 Å². The minimum atomic E-state index is -3.31. The molecule has 0 fully saturated rings. The summed E-state index contributed by atoms with van der Waals surface area (Å²) in [7, 11) is -1.84. The first-order valence-electron chi connectivity index (χ1n) is 7.75. The average Bonchev–Trinajstić information content (AvgIpc) is 2.54. The van der Waals surface area contributed by atoms with Crippen molar-refractivity contribution in [3.8, 4) is 5.75 Å². The Morgan fingerprint density at radius 3 is 2.36 bits per heavy atom. The molecule has 2 rings (SSSR count). The van der Waals surface area contributed by atoms with Gasteiger partial charge in [-0.3, -0.25) is 9.10 Å². The van der Waals surface area contributed by atoms with E-state index in [1.165, 1.54) is 11.4 Å². The van der Waals surface area contributed by atoms with E-state index in [2.05, 4.69) is 5.32 Å². The highest BCUT2D eigenvalue weighted by molar-refractivity contribution is 7.92. The molecule has 0 heterocycles. The van der Waals surface area contributed by atoms with Crippen LogP contribution in [0.25, 0.3) is 0 Å². The Morgan fingerprint density at radius 2 is 1.80 bits per heavy atom. The number of carbonyl (C=O) groups excluding carboxylic acids is 1. The maximum Gasteiger partial charge on any atom is 0.265 e. The van der Waals surface area contributed by atoms with Crippen LogP contribution in [0.15, 0.2) is 48.5 Å². The number of sulfonamides is 1. The molecule has 0 aliphatic carbocycles. The van der Waals surface area contributed by atoms with E-state index in [4.69, 9.17) is 4.74 Å². The van der Waals surface area contributed by atoms with Crippen molar-refractivity contribution in [1.82, 2.24) is 0 Å². The molecule has 0 aliphatic heterocycles. The van der Waals surface area contributed by atoms with E-state index in [0.717, 1.165) is 11.8 Å². The van der Waals surface area contributed by atoms with E-state index in [9.17, 15) is 13.2 Å². The molecule has 7 heteroatoms. The normalized spacial score (nSPS) is 12.3. The van der Waals surface area contributed by atoms with Crippen molar-refractivity contribution >= 4 is 27.3 Å². The number of carbonyl (C=O) groups is 1. The van der Waals surface area contributed by atoms with Crippen molar-refractivity contribution in [3.05, 3.63) is 54.1 Å². The minimum absolute atomic E-state index is 0.261. The van der Waals surface area contributed by atoms with Crippen LogP contribution in [-0.2, 0) is 14.8 Å². The molecule has 0 bridgehead atoms. The Hall–Kier alpha value is -2.54. The van der Waals surface area contributed by atoms with Crippen molar-refractivity contribution < 1.29 is 17.9 Å². The molecule has 0 unspecified atom stereocenters. The molecule has 25 heavy (non-hydrogen) atoms. The molecule has 0 saturated carbocycles. The third kappa shape index (κ3) is 5.22. The Labute approximate surface area is 148 Å². The fourth-order valence-corrected chi connectivity index (χ4v) is 2.66. The summed E-state index contributed by atoms with van der Waals surface area (Å²) < 4.78 is 29.8. The van der Waals surface area contributed by atoms with Crippen molar-refractivity contribution in [2.75, 3.05) is 22.9 Å². The predicted octanol–water partition coefficient (Wildman–Crippen LogP) is 2.80. The Morgan fingerprint density at radius 1 is 1.16 bits per heavy atom. The first-order valence-corrected chi connectivity index (χ1v) is 9.60. The van der Waals surface area contributed by atoms with E-state index in [1.54, 1.807) is 31.2 Å². The maximum atomic E-state index is 12.2. The monoisotopic (exact) mass is 362 g/mol. The van der Waals surface area contributed by atoms with E-state index >= 15 is 0 Å². The molecule has 0 radical (unpaired) electrons. The van der Waals surface area contributed by atoms with E-state index in [1.807, 2.05) is 31.2 Å². The quantitative estimate of drug-likeness (QED) is 0.857. The fourth-order valence-electron chi connectivity index (χ4n) is 2.15. The Bertz CT molecular complexity index is 848. The largest absolute Gasteiger partial charge is 0.481 e. The highest BCUT2D eigenvalue weighted by atomic mass is 32.2. The van der Waals surface area contributed by atoms with Crippen molar-refractivity contribution in [3.63, 3.8) is 0 Å². The van der Waals surface area contributed by atoms with Gasteiger partial charge in [0.25, 0.3) is 5.91 Å². The number of anilines is 2. The summed E-state index contributed by atoms with van der Waals surface area (Å²) in [4.78, 5) is 12.2. The highest BCUT2D eigenvalue weighted by Crippen LogP contribution is 2.21. The number of ether oxygens (including phenoxy) is 1. The summed E-state index contributed by atoms with van der Waals surface area (Å²) in [6, 6.07) is 14.0. The fraction of sp³-hybridized carbons (Fsp3) is 0.278. The predicted molar refractivity (Wildman–Crippen MR) is 99.6 cm³/mol. The number of aryl methyl sites for hydroxylation is 1. The van der Waals surface area contributed by atoms with Crippen LogP contribution >= 0.6 is 0 Å². The molecule has 2 aromatic carbocycles. The highest BCUT2D eigenvalue weighted by Gasteiger charge is 2.16. The summed E-state index contributed by atoms with van der Waals surface area (Å²) in [5.41, 5.74) is 2.29. The van der Waals surface area contributed by atoms with Gasteiger partial charge in [-0.05, 0) is 55.8 Å². The number of nitrogens with one attached hydrogen (secondary N) is 1. The van der Waals surface area contributed by atoms with Gasteiger partial charge in [-0.15, -0.1) is 0 Å². The van der Waals surface area contributed by atoms with Crippen LogP contribution in [-0.4, -0.2) is 33.7 Å². The SMILES string of the molecule is Cc1cccc(NC(=O)[C@H](C)Oc2ccc(N(C)S(C)(=O)=O)cc2)c1. The molecule has 0 saturated heterocycles. The first-order chi connectivity index (χ1) is 11.7. The number of rotatable bonds is 6. The molecule has 6 nitrogen and oxygen atoms in total. The zero-order valence-electron chi connectivity index (χ0n) is 14.7. The lowest BCUT2D eigenvalue weighted by Gasteiger charge is -2.18. The zero-order valence-corrected chi connectivity index (χ0v) is 15.5. The summed E-state index contributed by atoms with van der Waals surface area (Å²) in [6.07, 6.45) is 0.439. The molecular formula is C18H22N2O4S. The Kier molecular flexibility index (Phi) is 5.69. The molecule has 0 aromatic heterocycles. The van der Waals surface area contributed by atoms with Gasteiger partial charge in [0.05, 0.1) is 11.9 Å². The number of nitrogens with zero attached hydrogens (tertiary/aromatic N) is 1. The lowest BCUT2D eigenvalue weighted by atomic mass is 10.2. The van der Waals surface area contributed by atoms with Crippen LogP contribution in [0.5, 0.6) is 5.75 Å². The molecule has 1 amide bonds. The lowest BCUT2D eigenvalue weighted by molar-refractivity contribution is -0.122. The second-order valence-electron chi connectivity index (χ2n) is 5.84. The van der Waals surface area contributed by atoms with Gasteiger partial charge in [0.2, 0.25) is 10.0 Å². The standard InChI is InChI=1S/C18H22N2O4S/c1-13-6-5-7-15(12-13)19-18(21)14(2)24-17-10-8-16(9-11-17)20(3)25(4,22)23/h5-12,14H,1-4H3,(H,19,21)/t14-/m0/s1. The van der Waals surface area contributed by atoms with Crippen LogP contribution in [0.2, 0.25) is 0 Å². The first kappa shape index (κ1) is 18.8. The van der Waals surface area contributed by atoms with Crippen molar-refractivity contribution in [2.45, 2.75) is 20.0 Å². The molecule has 2 aromatic rings. The summed E-state index contributed by atoms with van der Waals surface area (Å²) >= 11 is 0. The second kappa shape index (κ2) is 7.57. The van der Waals surface area contributed by atoms with Crippen LogP contribution < -0.4 is 14.4 Å². The molecular weight excluding hydrogens is 340 g/mol. The van der Waals surface area contributed by atoms with Crippen molar-refractivity contribution in [1.29, 1.82) is 0 Å². The third-order valence-corrected chi connectivity index (χ3v) is 4.87. The van der Waals surface area contributed by atoms with E-state index < -0.39 is 16.1 Å². The number of hydrogen-bond donors (Lipinski definition) is 1. The van der Waals surface area contributed by atoms with Gasteiger partial charge in [0.15, 0.2) is 6.10 Å². The molecule has 1 N–H and O–H groups in total. The molecule has 134 valence electrons. The minimum Gasteiger partial charge on any atom is -0.481 e. The van der Waals surface area contributed by atoms with Gasteiger partial charge < -0.3 is 10.1 Å². The van der Waals surface area contributed by atoms with Gasteiger partial charge in [0.1, 0.15) is 5.75 Å². The van der Waals surface area contributed by atoms with Crippen LogP contribution in [0.1, 0.15) is 12.5 Å². The topological polar surface area (TPSA) is 75.7 Å². The number of amides is 1. The zero-order chi connectivity index (χ0) is 18.6. The smallest absolute Gasteiger partial charge is 0.265 e. The third-order valence-electron chi connectivity index (χ3n) is 3.67. The lowest BCUT2D eigenvalue weighted by Crippen LogP contribution is -2.30. The number of hydrogen-bond acceptors (Lipinski definition) is 4. The van der Waals surface area contributed by atoms with Crippen molar-refractivity contribution in [2.24, 2.45) is 0 Å². The van der Waals surface area contributed by atoms with Gasteiger partial charge >= 0.3 is 0 Å². The summed E-state index contributed by atoms with van der Waals surface area (Å²) in [5, 5.41) is 2.80. The number of benzene rings is 2. The van der Waals surface area contributed by atoms with Gasteiger partial charge in [-0.2, -0.15) is 0 Å².